The number of likely N-dealkylation sites (N-methyl/N-ethyl adjacent to an activating group) is 1. The van der Waals surface area contributed by atoms with Crippen LogP contribution in [-0.2, 0) is 23.1 Å². The summed E-state index contributed by atoms with van der Waals surface area (Å²) in [6.45, 7) is 7.90. The third-order valence-electron chi connectivity index (χ3n) is 11.0. The van der Waals surface area contributed by atoms with E-state index < -0.39 is 17.1 Å². The second-order valence-corrected chi connectivity index (χ2v) is 13.3. The zero-order valence-electron chi connectivity index (χ0n) is 25.4. The fraction of sp³-hybridized carbons (Fsp3) is 0.432. The largest absolute Gasteiger partial charge is 0.504 e. The topological polar surface area (TPSA) is 73.2 Å². The van der Waals surface area contributed by atoms with E-state index in [2.05, 4.69) is 54.9 Å². The molecule has 1 spiro atoms. The van der Waals surface area contributed by atoms with Crippen molar-refractivity contribution >= 4 is 5.91 Å². The molecule has 3 aromatic rings. The van der Waals surface area contributed by atoms with Gasteiger partial charge in [0.1, 0.15) is 6.10 Å². The first-order valence-electron chi connectivity index (χ1n) is 15.5. The minimum atomic E-state index is -1.05. The zero-order valence-corrected chi connectivity index (χ0v) is 25.4. The van der Waals surface area contributed by atoms with E-state index in [1.54, 1.807) is 11.0 Å². The molecule has 2 fully saturated rings. The summed E-state index contributed by atoms with van der Waals surface area (Å²) in [5, 5.41) is 23.9. The number of phenols is 1. The smallest absolute Gasteiger partial charge is 0.298 e. The van der Waals surface area contributed by atoms with Crippen LogP contribution in [0.25, 0.3) is 0 Å². The molecule has 2 aliphatic heterocycles. The van der Waals surface area contributed by atoms with Gasteiger partial charge in [0.2, 0.25) is 0 Å². The highest BCUT2D eigenvalue weighted by Gasteiger charge is 2.74. The molecule has 1 saturated carbocycles. The number of aliphatic hydroxyl groups is 1. The number of piperidine rings is 1. The van der Waals surface area contributed by atoms with Crippen LogP contribution in [0.1, 0.15) is 53.1 Å². The van der Waals surface area contributed by atoms with Crippen LogP contribution in [0.15, 0.2) is 60.7 Å². The van der Waals surface area contributed by atoms with E-state index in [9.17, 15) is 15.0 Å². The van der Waals surface area contributed by atoms with E-state index in [0.29, 0.717) is 25.0 Å². The highest BCUT2D eigenvalue weighted by Crippen LogP contribution is 2.66. The molecular weight excluding hydrogens is 536 g/mol. The summed E-state index contributed by atoms with van der Waals surface area (Å²) in [6.07, 6.45) is 2.38. The van der Waals surface area contributed by atoms with E-state index in [1.165, 1.54) is 11.1 Å². The van der Waals surface area contributed by atoms with Crippen molar-refractivity contribution in [3.63, 3.8) is 0 Å². The molecule has 6 atom stereocenters. The molecule has 0 unspecified atom stereocenters. The molecule has 7 rings (SSSR count). The molecule has 0 radical (unpaired) electrons. The van der Waals surface area contributed by atoms with Crippen molar-refractivity contribution in [3.8, 4) is 23.3 Å². The first-order chi connectivity index (χ1) is 20.6. The fourth-order valence-corrected chi connectivity index (χ4v) is 8.82. The number of amides is 1. The molecule has 0 aromatic heterocycles. The van der Waals surface area contributed by atoms with E-state index in [1.807, 2.05) is 44.3 Å². The lowest BCUT2D eigenvalue weighted by molar-refractivity contribution is -0.211. The Morgan fingerprint density at radius 3 is 2.67 bits per heavy atom. The van der Waals surface area contributed by atoms with Crippen LogP contribution in [-0.4, -0.2) is 69.8 Å². The standard InChI is InChI=1S/C37H40N2O4/c1-23-10-11-27(20-24(23)2)12-15-31(41)38(4)33-25(3)22-37(42)30-21-28-13-14-29(40)34-32(28)36(37,35(33)43-34)17-19-39(30)18-16-26-8-6-5-7-9-26/h5-11,13-14,20,25,30,33,35,40,42H,16-19,21-22H2,1-4H3/t25-,30+,33-,35-,36-,37+/m0/s1. The molecule has 6 heteroatoms. The lowest BCUT2D eigenvalue weighted by Crippen LogP contribution is -2.79. The van der Waals surface area contributed by atoms with Gasteiger partial charge in [-0.1, -0.05) is 55.3 Å². The number of carbonyl (C=O) groups is 1. The maximum Gasteiger partial charge on any atom is 0.298 e. The minimum Gasteiger partial charge on any atom is -0.504 e. The van der Waals surface area contributed by atoms with Gasteiger partial charge in [-0.25, -0.2) is 0 Å². The predicted octanol–water partition coefficient (Wildman–Crippen LogP) is 4.53. The van der Waals surface area contributed by atoms with Crippen LogP contribution in [0.3, 0.4) is 0 Å². The van der Waals surface area contributed by atoms with Gasteiger partial charge in [0.05, 0.1) is 17.1 Å². The van der Waals surface area contributed by atoms with Gasteiger partial charge >= 0.3 is 0 Å². The molecule has 2 N–H and O–H groups in total. The number of nitrogens with zero attached hydrogens (tertiary/aromatic N) is 2. The molecule has 2 aliphatic carbocycles. The molecule has 3 aromatic carbocycles. The Hall–Kier alpha value is -3.79. The Labute approximate surface area is 254 Å². The minimum absolute atomic E-state index is 0.0462. The molecule has 6 nitrogen and oxygen atoms in total. The SMILES string of the molecule is Cc1ccc(C#CC(=O)N(C)[C@H]2[C@@H](C)C[C@@]3(O)[C@H]4Cc5ccc(O)c6c5[C@@]3(CCN4CCc3ccccc3)[C@H]2O6)cc1C. The third-order valence-corrected chi connectivity index (χ3v) is 11.0. The van der Waals surface area contributed by atoms with Crippen molar-refractivity contribution in [2.24, 2.45) is 5.92 Å². The third kappa shape index (κ3) is 4.12. The number of hydrogen-bond donors (Lipinski definition) is 2. The summed E-state index contributed by atoms with van der Waals surface area (Å²) in [6, 6.07) is 19.8. The quantitative estimate of drug-likeness (QED) is 0.447. The van der Waals surface area contributed by atoms with Gasteiger partial charge in [-0.2, -0.15) is 0 Å². The van der Waals surface area contributed by atoms with Crippen molar-refractivity contribution in [1.82, 2.24) is 9.80 Å². The molecule has 222 valence electrons. The van der Waals surface area contributed by atoms with Crippen molar-refractivity contribution in [3.05, 3.63) is 94.0 Å². The number of rotatable bonds is 4. The number of benzene rings is 3. The number of likely N-dealkylation sites (tertiary alicyclic amines) is 1. The van der Waals surface area contributed by atoms with E-state index in [0.717, 1.165) is 41.8 Å². The van der Waals surface area contributed by atoms with Crippen LogP contribution in [0.4, 0.5) is 0 Å². The number of hydrogen-bond acceptors (Lipinski definition) is 5. The fourth-order valence-electron chi connectivity index (χ4n) is 8.82. The summed E-state index contributed by atoms with van der Waals surface area (Å²) < 4.78 is 6.71. The van der Waals surface area contributed by atoms with Crippen LogP contribution in [0.5, 0.6) is 11.5 Å². The second kappa shape index (κ2) is 10.1. The number of aryl methyl sites for hydroxylation is 2. The summed E-state index contributed by atoms with van der Waals surface area (Å²) in [5.74, 6) is 6.21. The Balaban J connectivity index is 1.24. The maximum atomic E-state index is 13.6. The second-order valence-electron chi connectivity index (χ2n) is 13.3. The molecule has 2 bridgehead atoms. The Kier molecular flexibility index (Phi) is 6.61. The van der Waals surface area contributed by atoms with Crippen molar-refractivity contribution in [2.75, 3.05) is 20.1 Å². The monoisotopic (exact) mass is 576 g/mol. The van der Waals surface area contributed by atoms with Gasteiger partial charge in [-0.3, -0.25) is 9.69 Å². The van der Waals surface area contributed by atoms with Gasteiger partial charge in [-0.05, 0) is 92.4 Å². The first-order valence-corrected chi connectivity index (χ1v) is 15.5. The molecule has 4 aliphatic rings. The highest BCUT2D eigenvalue weighted by atomic mass is 16.5. The molecule has 43 heavy (non-hydrogen) atoms. The van der Waals surface area contributed by atoms with Gasteiger partial charge in [-0.15, -0.1) is 0 Å². The Morgan fingerprint density at radius 1 is 1.12 bits per heavy atom. The van der Waals surface area contributed by atoms with E-state index >= 15 is 0 Å². The van der Waals surface area contributed by atoms with Crippen LogP contribution >= 0.6 is 0 Å². The highest BCUT2D eigenvalue weighted by molar-refractivity contribution is 5.94. The lowest BCUT2D eigenvalue weighted by atomic mass is 9.46. The summed E-state index contributed by atoms with van der Waals surface area (Å²) in [7, 11) is 1.81. The lowest BCUT2D eigenvalue weighted by Gasteiger charge is -2.66. The number of ether oxygens (including phenoxy) is 1. The van der Waals surface area contributed by atoms with Gasteiger partial charge in [0.15, 0.2) is 11.5 Å². The number of aromatic hydroxyl groups is 1. The Morgan fingerprint density at radius 2 is 1.91 bits per heavy atom. The zero-order chi connectivity index (χ0) is 30.1. The van der Waals surface area contributed by atoms with Crippen LogP contribution in [0.2, 0.25) is 0 Å². The van der Waals surface area contributed by atoms with Crippen molar-refractivity contribution < 1.29 is 19.7 Å². The van der Waals surface area contributed by atoms with E-state index in [4.69, 9.17) is 4.74 Å². The Bertz CT molecular complexity index is 1660. The molecule has 1 amide bonds. The predicted molar refractivity (Wildman–Crippen MR) is 166 cm³/mol. The summed E-state index contributed by atoms with van der Waals surface area (Å²) >= 11 is 0. The van der Waals surface area contributed by atoms with E-state index in [-0.39, 0.29) is 29.7 Å². The molecule has 2 heterocycles. The number of carbonyl (C=O) groups excluding carboxylic acids is 1. The van der Waals surface area contributed by atoms with Crippen molar-refractivity contribution in [2.45, 2.75) is 75.7 Å². The van der Waals surface area contributed by atoms with Crippen LogP contribution < -0.4 is 4.74 Å². The molecular formula is C37H40N2O4. The average Bonchev–Trinajstić information content (AvgIpc) is 3.34. The number of phenolic OH excluding ortho intramolecular Hbond substituents is 1. The van der Waals surface area contributed by atoms with Crippen molar-refractivity contribution in [1.29, 1.82) is 0 Å². The maximum absolute atomic E-state index is 13.6. The van der Waals surface area contributed by atoms with Gasteiger partial charge in [0, 0.05) is 36.7 Å². The first kappa shape index (κ1) is 28.0. The molecule has 1 saturated heterocycles. The van der Waals surface area contributed by atoms with Gasteiger partial charge < -0.3 is 19.8 Å². The summed E-state index contributed by atoms with van der Waals surface area (Å²) in [4.78, 5) is 17.8. The normalized spacial score (nSPS) is 30.1. The summed E-state index contributed by atoms with van der Waals surface area (Å²) in [5.41, 5.74) is 4.75. The van der Waals surface area contributed by atoms with Gasteiger partial charge in [0.25, 0.3) is 5.91 Å². The van der Waals surface area contributed by atoms with Crippen LogP contribution in [0, 0.1) is 31.6 Å². The average molecular weight is 577 g/mol.